The van der Waals surface area contributed by atoms with Gasteiger partial charge in [0.2, 0.25) is 0 Å². The van der Waals surface area contributed by atoms with Crippen LogP contribution in [0.25, 0.3) is 11.0 Å². The van der Waals surface area contributed by atoms with Gasteiger partial charge < -0.3 is 15.3 Å². The molecule has 3 rings (SSSR count). The number of fused-ring (bicyclic) bond motifs is 1. The highest BCUT2D eigenvalue weighted by Gasteiger charge is 2.27. The van der Waals surface area contributed by atoms with Crippen molar-refractivity contribution in [3.63, 3.8) is 0 Å². The molecule has 1 amide bonds. The standard InChI is InChI=1S/C16H22F2N4OSi/c1-9-13(17)14(18)11-7-12(22-15(11)20-9)16(23)21-10-5-4-6-24(2,3)19-8-10/h7,10,19H,4-6,8H2,1-3H3,(H,20,22)(H,21,23)/t10-/m0/s1. The number of hydrogen-bond donors (Lipinski definition) is 3. The van der Waals surface area contributed by atoms with Crippen molar-refractivity contribution in [1.29, 1.82) is 0 Å². The lowest BCUT2D eigenvalue weighted by atomic mass is 10.1. The number of carbonyl (C=O) groups is 1. The largest absolute Gasteiger partial charge is 0.347 e. The normalized spacial score (nSPS) is 20.8. The van der Waals surface area contributed by atoms with Crippen molar-refractivity contribution >= 4 is 25.2 Å². The van der Waals surface area contributed by atoms with E-state index in [0.717, 1.165) is 19.4 Å². The van der Waals surface area contributed by atoms with Crippen molar-refractivity contribution in [2.45, 2.75) is 44.9 Å². The molecule has 0 spiro atoms. The molecule has 0 unspecified atom stereocenters. The Bertz CT molecular complexity index is 790. The Morgan fingerprint density at radius 3 is 2.88 bits per heavy atom. The molecule has 0 bridgehead atoms. The van der Waals surface area contributed by atoms with Gasteiger partial charge in [0, 0.05) is 12.6 Å². The molecule has 2 aromatic rings. The molecule has 0 aliphatic carbocycles. The van der Waals surface area contributed by atoms with Crippen molar-refractivity contribution in [2.24, 2.45) is 0 Å². The fourth-order valence-corrected chi connectivity index (χ4v) is 5.15. The van der Waals surface area contributed by atoms with Crippen molar-refractivity contribution in [3.05, 3.63) is 29.1 Å². The Morgan fingerprint density at radius 2 is 2.12 bits per heavy atom. The molecule has 3 N–H and O–H groups in total. The zero-order valence-corrected chi connectivity index (χ0v) is 15.1. The molecule has 1 fully saturated rings. The van der Waals surface area contributed by atoms with Crippen LogP contribution in [0.2, 0.25) is 19.1 Å². The SMILES string of the molecule is Cc1nc2[nH]c(C(=O)N[C@H]3CCC[Si](C)(C)NC3)cc2c(F)c1F. The van der Waals surface area contributed by atoms with Crippen LogP contribution in [-0.2, 0) is 0 Å². The number of H-pyrrole nitrogens is 1. The molecule has 1 aliphatic heterocycles. The number of hydrogen-bond acceptors (Lipinski definition) is 3. The van der Waals surface area contributed by atoms with E-state index in [4.69, 9.17) is 0 Å². The maximum Gasteiger partial charge on any atom is 0.268 e. The van der Waals surface area contributed by atoms with Gasteiger partial charge in [0.25, 0.3) is 5.91 Å². The van der Waals surface area contributed by atoms with Crippen LogP contribution in [0.4, 0.5) is 8.78 Å². The third kappa shape index (κ3) is 3.34. The van der Waals surface area contributed by atoms with Gasteiger partial charge >= 0.3 is 0 Å². The highest BCUT2D eigenvalue weighted by Crippen LogP contribution is 2.22. The van der Waals surface area contributed by atoms with Gasteiger partial charge in [0.1, 0.15) is 19.6 Å². The van der Waals surface area contributed by atoms with Crippen LogP contribution < -0.4 is 10.3 Å². The number of aromatic nitrogens is 2. The highest BCUT2D eigenvalue weighted by atomic mass is 28.3. The molecule has 24 heavy (non-hydrogen) atoms. The quantitative estimate of drug-likeness (QED) is 0.728. The van der Waals surface area contributed by atoms with Crippen LogP contribution in [-0.4, -0.2) is 36.7 Å². The first-order valence-corrected chi connectivity index (χ1v) is 11.4. The zero-order valence-electron chi connectivity index (χ0n) is 14.1. The van der Waals surface area contributed by atoms with Gasteiger partial charge in [-0.25, -0.2) is 13.8 Å². The van der Waals surface area contributed by atoms with Crippen molar-refractivity contribution < 1.29 is 13.6 Å². The van der Waals surface area contributed by atoms with E-state index in [9.17, 15) is 13.6 Å². The molecule has 5 nitrogen and oxygen atoms in total. The third-order valence-corrected chi connectivity index (χ3v) is 7.35. The van der Waals surface area contributed by atoms with E-state index in [1.165, 1.54) is 19.0 Å². The van der Waals surface area contributed by atoms with E-state index >= 15 is 0 Å². The molecule has 1 saturated heterocycles. The lowest BCUT2D eigenvalue weighted by Crippen LogP contribution is -2.49. The topological polar surface area (TPSA) is 69.8 Å². The monoisotopic (exact) mass is 352 g/mol. The molecule has 3 heterocycles. The maximum atomic E-state index is 14.0. The van der Waals surface area contributed by atoms with E-state index in [1.807, 2.05) is 0 Å². The molecule has 8 heteroatoms. The number of amides is 1. The summed E-state index contributed by atoms with van der Waals surface area (Å²) >= 11 is 0. The first-order chi connectivity index (χ1) is 11.3. The second kappa shape index (κ2) is 6.25. The number of aromatic amines is 1. The lowest BCUT2D eigenvalue weighted by molar-refractivity contribution is 0.0931. The Balaban J connectivity index is 1.78. The fraction of sp³-hybridized carbons (Fsp3) is 0.500. The van der Waals surface area contributed by atoms with Gasteiger partial charge in [0.15, 0.2) is 11.6 Å². The summed E-state index contributed by atoms with van der Waals surface area (Å²) < 4.78 is 27.6. The molecule has 1 aliphatic rings. The van der Waals surface area contributed by atoms with Crippen LogP contribution >= 0.6 is 0 Å². The molecule has 0 radical (unpaired) electrons. The summed E-state index contributed by atoms with van der Waals surface area (Å²) in [5.74, 6) is -2.27. The van der Waals surface area contributed by atoms with Crippen LogP contribution in [0.5, 0.6) is 0 Å². The minimum absolute atomic E-state index is 0.00391. The average Bonchev–Trinajstić information content (AvgIpc) is 2.86. The summed E-state index contributed by atoms with van der Waals surface area (Å²) in [4.78, 5) is 22.8. The molecule has 130 valence electrons. The van der Waals surface area contributed by atoms with E-state index in [0.29, 0.717) is 0 Å². The molecular weight excluding hydrogens is 330 g/mol. The van der Waals surface area contributed by atoms with Gasteiger partial charge in [-0.15, -0.1) is 0 Å². The number of aryl methyl sites for hydroxylation is 1. The van der Waals surface area contributed by atoms with E-state index in [2.05, 4.69) is 33.4 Å². The van der Waals surface area contributed by atoms with Crippen LogP contribution in [0.1, 0.15) is 29.0 Å². The minimum atomic E-state index is -1.37. The smallest absolute Gasteiger partial charge is 0.268 e. The molecular formula is C16H22F2N4OSi. The van der Waals surface area contributed by atoms with Crippen LogP contribution in [0.15, 0.2) is 6.07 Å². The summed E-state index contributed by atoms with van der Waals surface area (Å²) in [6, 6.07) is 2.53. The lowest BCUT2D eigenvalue weighted by Gasteiger charge is -2.22. The zero-order chi connectivity index (χ0) is 17.5. The van der Waals surface area contributed by atoms with Gasteiger partial charge in [-0.2, -0.15) is 0 Å². The second-order valence-electron chi connectivity index (χ2n) is 7.10. The second-order valence-corrected chi connectivity index (χ2v) is 11.7. The van der Waals surface area contributed by atoms with E-state index in [1.54, 1.807) is 0 Å². The summed E-state index contributed by atoms with van der Waals surface area (Å²) in [7, 11) is -1.37. The number of halogens is 2. The molecule has 0 saturated carbocycles. The highest BCUT2D eigenvalue weighted by molar-refractivity contribution is 6.75. The first-order valence-electron chi connectivity index (χ1n) is 8.17. The van der Waals surface area contributed by atoms with Crippen molar-refractivity contribution in [1.82, 2.24) is 20.3 Å². The Kier molecular flexibility index (Phi) is 4.44. The van der Waals surface area contributed by atoms with E-state index < -0.39 is 19.9 Å². The number of nitrogens with zero attached hydrogens (tertiary/aromatic N) is 1. The summed E-state index contributed by atoms with van der Waals surface area (Å²) in [5, 5.41) is 2.96. The predicted molar refractivity (Wildman–Crippen MR) is 91.5 cm³/mol. The summed E-state index contributed by atoms with van der Waals surface area (Å²) in [5.41, 5.74) is 0.347. The summed E-state index contributed by atoms with van der Waals surface area (Å²) in [6.07, 6.45) is 1.99. The summed E-state index contributed by atoms with van der Waals surface area (Å²) in [6.45, 7) is 6.69. The maximum absolute atomic E-state index is 14.0. The predicted octanol–water partition coefficient (Wildman–Crippen LogP) is 2.84. The number of carbonyl (C=O) groups excluding carboxylic acids is 1. The van der Waals surface area contributed by atoms with Crippen LogP contribution in [0.3, 0.4) is 0 Å². The molecule has 0 aromatic carbocycles. The van der Waals surface area contributed by atoms with E-state index in [-0.39, 0.29) is 34.4 Å². The van der Waals surface area contributed by atoms with Gasteiger partial charge in [0.05, 0.1) is 11.1 Å². The third-order valence-electron chi connectivity index (χ3n) is 4.58. The van der Waals surface area contributed by atoms with Gasteiger partial charge in [-0.1, -0.05) is 19.5 Å². The Labute approximate surface area is 140 Å². The van der Waals surface area contributed by atoms with Gasteiger partial charge in [-0.3, -0.25) is 4.79 Å². The van der Waals surface area contributed by atoms with Crippen molar-refractivity contribution in [3.8, 4) is 0 Å². The Morgan fingerprint density at radius 1 is 1.38 bits per heavy atom. The van der Waals surface area contributed by atoms with Crippen LogP contribution in [0, 0.1) is 18.6 Å². The fourth-order valence-electron chi connectivity index (χ4n) is 3.08. The Hall–Kier alpha value is -1.80. The minimum Gasteiger partial charge on any atom is -0.347 e. The first kappa shape index (κ1) is 17.0. The molecule has 2 aromatic heterocycles. The average molecular weight is 352 g/mol. The number of nitrogens with one attached hydrogen (secondary N) is 3. The number of rotatable bonds is 2. The number of pyridine rings is 1. The van der Waals surface area contributed by atoms with Crippen molar-refractivity contribution in [2.75, 3.05) is 6.54 Å². The van der Waals surface area contributed by atoms with Gasteiger partial charge in [-0.05, 0) is 25.5 Å². The molecule has 1 atom stereocenters.